The number of carbonyl (C=O) groups is 1. The van der Waals surface area contributed by atoms with Crippen molar-refractivity contribution < 1.29 is 9.90 Å². The highest BCUT2D eigenvalue weighted by Crippen LogP contribution is 2.22. The van der Waals surface area contributed by atoms with Crippen LogP contribution in [0.25, 0.3) is 0 Å². The van der Waals surface area contributed by atoms with E-state index in [1.54, 1.807) is 6.92 Å². The van der Waals surface area contributed by atoms with E-state index in [1.165, 1.54) is 11.1 Å². The number of nitrogens with one attached hydrogen (secondary N) is 1. The molecule has 0 spiro atoms. The van der Waals surface area contributed by atoms with Crippen LogP contribution >= 0.6 is 0 Å². The summed E-state index contributed by atoms with van der Waals surface area (Å²) in [6.45, 7) is 3.76. The standard InChI is InChI=1S/C19H23NO2/c1-14-10-12-16(13-11-14)6-5-9-19(22)20-18-8-4-3-7-17(18)15(2)21/h3-4,7-8,10-13,15,21H,5-6,9H2,1-2H3,(H,20,22). The average Bonchev–Trinajstić information content (AvgIpc) is 2.49. The minimum Gasteiger partial charge on any atom is -0.389 e. The highest BCUT2D eigenvalue weighted by Gasteiger charge is 2.09. The molecule has 1 amide bonds. The zero-order chi connectivity index (χ0) is 15.9. The van der Waals surface area contributed by atoms with Crippen molar-refractivity contribution in [2.75, 3.05) is 5.32 Å². The number of anilines is 1. The second-order valence-electron chi connectivity index (χ2n) is 5.65. The Labute approximate surface area is 132 Å². The summed E-state index contributed by atoms with van der Waals surface area (Å²) in [5, 5.41) is 12.6. The van der Waals surface area contributed by atoms with Gasteiger partial charge in [0, 0.05) is 17.7 Å². The van der Waals surface area contributed by atoms with Gasteiger partial charge >= 0.3 is 0 Å². The third-order valence-electron chi connectivity index (χ3n) is 3.67. The molecule has 0 aliphatic rings. The number of benzene rings is 2. The first kappa shape index (κ1) is 16.2. The van der Waals surface area contributed by atoms with Gasteiger partial charge in [0.15, 0.2) is 0 Å². The Morgan fingerprint density at radius 3 is 2.50 bits per heavy atom. The number of hydrogen-bond donors (Lipinski definition) is 2. The van der Waals surface area contributed by atoms with Gasteiger partial charge in [-0.25, -0.2) is 0 Å². The molecule has 2 rings (SSSR count). The van der Waals surface area contributed by atoms with Crippen molar-refractivity contribution in [2.45, 2.75) is 39.2 Å². The molecule has 1 atom stereocenters. The number of aliphatic hydroxyl groups is 1. The lowest BCUT2D eigenvalue weighted by Crippen LogP contribution is -2.13. The second kappa shape index (κ2) is 7.76. The predicted octanol–water partition coefficient (Wildman–Crippen LogP) is 4.01. The maximum atomic E-state index is 12.0. The molecule has 0 heterocycles. The number of aryl methyl sites for hydroxylation is 2. The summed E-state index contributed by atoms with van der Waals surface area (Å²) in [4.78, 5) is 12.0. The first-order valence-electron chi connectivity index (χ1n) is 7.68. The van der Waals surface area contributed by atoms with Crippen LogP contribution in [-0.2, 0) is 11.2 Å². The maximum absolute atomic E-state index is 12.0. The molecule has 0 bridgehead atoms. The molecule has 0 aliphatic carbocycles. The summed E-state index contributed by atoms with van der Waals surface area (Å²) in [6.07, 6.45) is 1.59. The molecule has 0 radical (unpaired) electrons. The van der Waals surface area contributed by atoms with E-state index in [0.29, 0.717) is 12.1 Å². The van der Waals surface area contributed by atoms with Gasteiger partial charge < -0.3 is 10.4 Å². The molecule has 1 unspecified atom stereocenters. The van der Waals surface area contributed by atoms with Crippen LogP contribution in [-0.4, -0.2) is 11.0 Å². The van der Waals surface area contributed by atoms with Crippen LogP contribution < -0.4 is 5.32 Å². The van der Waals surface area contributed by atoms with Gasteiger partial charge in [0.05, 0.1) is 6.10 Å². The van der Waals surface area contributed by atoms with E-state index in [0.717, 1.165) is 18.4 Å². The number of carbonyl (C=O) groups excluding carboxylic acids is 1. The molecule has 3 nitrogen and oxygen atoms in total. The molecule has 3 heteroatoms. The molecule has 116 valence electrons. The van der Waals surface area contributed by atoms with Crippen molar-refractivity contribution in [1.82, 2.24) is 0 Å². The van der Waals surface area contributed by atoms with Crippen LogP contribution in [0.1, 0.15) is 42.6 Å². The fourth-order valence-electron chi connectivity index (χ4n) is 2.40. The van der Waals surface area contributed by atoms with Gasteiger partial charge in [-0.15, -0.1) is 0 Å². The number of amides is 1. The lowest BCUT2D eigenvalue weighted by molar-refractivity contribution is -0.116. The Morgan fingerprint density at radius 2 is 1.82 bits per heavy atom. The van der Waals surface area contributed by atoms with E-state index in [-0.39, 0.29) is 5.91 Å². The maximum Gasteiger partial charge on any atom is 0.224 e. The minimum atomic E-state index is -0.593. The summed E-state index contributed by atoms with van der Waals surface area (Å²) in [7, 11) is 0. The highest BCUT2D eigenvalue weighted by atomic mass is 16.3. The normalized spacial score (nSPS) is 12.0. The SMILES string of the molecule is Cc1ccc(CCCC(=O)Nc2ccccc2C(C)O)cc1. The first-order valence-corrected chi connectivity index (χ1v) is 7.68. The molecular weight excluding hydrogens is 274 g/mol. The molecular formula is C19H23NO2. The lowest BCUT2D eigenvalue weighted by atomic mass is 10.1. The van der Waals surface area contributed by atoms with E-state index in [4.69, 9.17) is 0 Å². The van der Waals surface area contributed by atoms with Gasteiger partial charge in [0.1, 0.15) is 0 Å². The number of para-hydroxylation sites is 1. The molecule has 2 N–H and O–H groups in total. The van der Waals surface area contributed by atoms with Gasteiger partial charge in [-0.1, -0.05) is 48.0 Å². The van der Waals surface area contributed by atoms with Crippen LogP contribution in [0.5, 0.6) is 0 Å². The van der Waals surface area contributed by atoms with E-state index < -0.39 is 6.10 Å². The third-order valence-corrected chi connectivity index (χ3v) is 3.67. The van der Waals surface area contributed by atoms with Crippen molar-refractivity contribution >= 4 is 11.6 Å². The molecule has 0 aromatic heterocycles. The van der Waals surface area contributed by atoms with Crippen molar-refractivity contribution in [2.24, 2.45) is 0 Å². The molecule has 0 aliphatic heterocycles. The minimum absolute atomic E-state index is 0.0137. The van der Waals surface area contributed by atoms with Crippen molar-refractivity contribution in [1.29, 1.82) is 0 Å². The summed E-state index contributed by atoms with van der Waals surface area (Å²) < 4.78 is 0. The molecule has 0 fully saturated rings. The summed E-state index contributed by atoms with van der Waals surface area (Å²) >= 11 is 0. The largest absolute Gasteiger partial charge is 0.389 e. The zero-order valence-electron chi connectivity index (χ0n) is 13.2. The Bertz CT molecular complexity index is 618. The van der Waals surface area contributed by atoms with E-state index in [2.05, 4.69) is 36.5 Å². The number of hydrogen-bond acceptors (Lipinski definition) is 2. The smallest absolute Gasteiger partial charge is 0.224 e. The Balaban J connectivity index is 1.84. The summed E-state index contributed by atoms with van der Waals surface area (Å²) in [5.41, 5.74) is 3.94. The zero-order valence-corrected chi connectivity index (χ0v) is 13.2. The van der Waals surface area contributed by atoms with Crippen LogP contribution in [0.4, 0.5) is 5.69 Å². The number of aliphatic hydroxyl groups excluding tert-OH is 1. The van der Waals surface area contributed by atoms with Crippen LogP contribution in [0.2, 0.25) is 0 Å². The van der Waals surface area contributed by atoms with E-state index in [9.17, 15) is 9.90 Å². The number of rotatable bonds is 6. The highest BCUT2D eigenvalue weighted by molar-refractivity contribution is 5.91. The second-order valence-corrected chi connectivity index (χ2v) is 5.65. The molecule has 2 aromatic carbocycles. The van der Waals surface area contributed by atoms with Gasteiger partial charge in [0.25, 0.3) is 0 Å². The predicted molar refractivity (Wildman–Crippen MR) is 89.8 cm³/mol. The topological polar surface area (TPSA) is 49.3 Å². The summed E-state index contributed by atoms with van der Waals surface area (Å²) in [6, 6.07) is 15.8. The molecule has 22 heavy (non-hydrogen) atoms. The fraction of sp³-hybridized carbons (Fsp3) is 0.316. The first-order chi connectivity index (χ1) is 10.6. The Hall–Kier alpha value is -2.13. The van der Waals surface area contributed by atoms with E-state index >= 15 is 0 Å². The van der Waals surface area contributed by atoms with Crippen LogP contribution in [0.3, 0.4) is 0 Å². The Morgan fingerprint density at radius 1 is 1.14 bits per heavy atom. The fourth-order valence-corrected chi connectivity index (χ4v) is 2.40. The Kier molecular flexibility index (Phi) is 5.73. The monoisotopic (exact) mass is 297 g/mol. The summed E-state index contributed by atoms with van der Waals surface area (Å²) in [5.74, 6) is -0.0137. The van der Waals surface area contributed by atoms with Crippen molar-refractivity contribution in [3.05, 3.63) is 65.2 Å². The molecule has 2 aromatic rings. The van der Waals surface area contributed by atoms with Gasteiger partial charge in [-0.05, 0) is 38.3 Å². The van der Waals surface area contributed by atoms with Crippen LogP contribution in [0, 0.1) is 6.92 Å². The molecule has 0 saturated heterocycles. The molecule has 0 saturated carbocycles. The van der Waals surface area contributed by atoms with Gasteiger partial charge in [-0.3, -0.25) is 4.79 Å². The quantitative estimate of drug-likeness (QED) is 0.846. The van der Waals surface area contributed by atoms with Crippen molar-refractivity contribution in [3.8, 4) is 0 Å². The van der Waals surface area contributed by atoms with Gasteiger partial charge in [0.2, 0.25) is 5.91 Å². The third kappa shape index (κ3) is 4.71. The van der Waals surface area contributed by atoms with Crippen LogP contribution in [0.15, 0.2) is 48.5 Å². The van der Waals surface area contributed by atoms with E-state index in [1.807, 2.05) is 24.3 Å². The average molecular weight is 297 g/mol. The van der Waals surface area contributed by atoms with Gasteiger partial charge in [-0.2, -0.15) is 0 Å². The lowest BCUT2D eigenvalue weighted by Gasteiger charge is -2.13. The van der Waals surface area contributed by atoms with Crippen molar-refractivity contribution in [3.63, 3.8) is 0 Å².